The summed E-state index contributed by atoms with van der Waals surface area (Å²) in [6, 6.07) is 13.4. The number of primary amides is 1. The maximum atomic E-state index is 13.7. The van der Waals surface area contributed by atoms with E-state index in [0.29, 0.717) is 51.9 Å². The van der Waals surface area contributed by atoms with Gasteiger partial charge in [-0.05, 0) is 86.7 Å². The van der Waals surface area contributed by atoms with Crippen molar-refractivity contribution in [2.45, 2.75) is 38.0 Å². The minimum Gasteiger partial charge on any atom is -0.494 e. The quantitative estimate of drug-likeness (QED) is 0.323. The Balaban J connectivity index is 1.35. The second-order valence-electron chi connectivity index (χ2n) is 11.2. The van der Waals surface area contributed by atoms with E-state index in [-0.39, 0.29) is 24.2 Å². The van der Waals surface area contributed by atoms with Crippen LogP contribution in [0, 0.1) is 18.7 Å². The number of halogens is 1. The number of amides is 2. The Morgan fingerprint density at radius 2 is 1.95 bits per heavy atom. The number of methoxy groups -OCH3 is 1. The average molecular weight is 555 g/mol. The van der Waals surface area contributed by atoms with Crippen LogP contribution in [0.2, 0.25) is 0 Å². The van der Waals surface area contributed by atoms with Crippen LogP contribution in [0.25, 0.3) is 22.2 Å². The third-order valence-electron chi connectivity index (χ3n) is 8.17. The number of hydrogen-bond donors (Lipinski definition) is 2. The number of pyridine rings is 2. The zero-order valence-corrected chi connectivity index (χ0v) is 23.2. The summed E-state index contributed by atoms with van der Waals surface area (Å²) >= 11 is 0. The standard InChI is InChI=1S/C32H31FN4O4/c1-17-10-20-11-21(12-26(40-3)27(20)35-14-17)30(38)36-15-23(18-4-5-18)25-13-24-29(41-16-32(24,2)31(34)39)28(37-25)19-6-8-22(33)9-7-19/h6-14,18,23H,4-5,15-16H2,1-3H3,(H2,34,39)(H,36,38)/t23-,32-/m0/s1. The van der Waals surface area contributed by atoms with Crippen LogP contribution in [0.3, 0.4) is 0 Å². The molecule has 0 saturated heterocycles. The molecular weight excluding hydrogens is 523 g/mol. The van der Waals surface area contributed by atoms with E-state index < -0.39 is 11.3 Å². The third-order valence-corrected chi connectivity index (χ3v) is 8.17. The topological polar surface area (TPSA) is 116 Å². The smallest absolute Gasteiger partial charge is 0.251 e. The number of ether oxygens (including phenoxy) is 2. The minimum atomic E-state index is -1.03. The van der Waals surface area contributed by atoms with Crippen molar-refractivity contribution in [3.8, 4) is 22.8 Å². The van der Waals surface area contributed by atoms with Crippen molar-refractivity contribution in [3.63, 3.8) is 0 Å². The van der Waals surface area contributed by atoms with Gasteiger partial charge in [0.05, 0.1) is 7.11 Å². The number of nitrogens with zero attached hydrogens (tertiary/aromatic N) is 2. The summed E-state index contributed by atoms with van der Waals surface area (Å²) in [5.41, 5.74) is 9.54. The van der Waals surface area contributed by atoms with Crippen molar-refractivity contribution < 1.29 is 23.5 Å². The molecule has 2 aromatic heterocycles. The highest BCUT2D eigenvalue weighted by atomic mass is 19.1. The number of benzene rings is 2. The van der Waals surface area contributed by atoms with Gasteiger partial charge in [-0.2, -0.15) is 0 Å². The van der Waals surface area contributed by atoms with Gasteiger partial charge in [-0.1, -0.05) is 0 Å². The largest absolute Gasteiger partial charge is 0.494 e. The number of carbonyl (C=O) groups excluding carboxylic acids is 2. The van der Waals surface area contributed by atoms with Gasteiger partial charge in [0, 0.05) is 46.4 Å². The summed E-state index contributed by atoms with van der Waals surface area (Å²) in [7, 11) is 1.56. The molecular formula is C32H31FN4O4. The molecule has 2 atom stereocenters. The number of carbonyl (C=O) groups is 2. The molecule has 3 heterocycles. The van der Waals surface area contributed by atoms with E-state index in [1.165, 1.54) is 12.1 Å². The maximum absolute atomic E-state index is 13.7. The van der Waals surface area contributed by atoms with Crippen LogP contribution >= 0.6 is 0 Å². The highest BCUT2D eigenvalue weighted by Crippen LogP contribution is 2.48. The Morgan fingerprint density at radius 1 is 1.20 bits per heavy atom. The van der Waals surface area contributed by atoms with Gasteiger partial charge in [0.1, 0.15) is 40.5 Å². The zero-order valence-electron chi connectivity index (χ0n) is 23.2. The van der Waals surface area contributed by atoms with Crippen molar-refractivity contribution in [1.29, 1.82) is 0 Å². The average Bonchev–Trinajstić information content (AvgIpc) is 3.74. The van der Waals surface area contributed by atoms with Gasteiger partial charge in [0.25, 0.3) is 5.91 Å². The Labute approximate surface area is 237 Å². The first-order valence-corrected chi connectivity index (χ1v) is 13.6. The Bertz CT molecular complexity index is 1690. The van der Waals surface area contributed by atoms with E-state index in [4.69, 9.17) is 20.2 Å². The Kier molecular flexibility index (Phi) is 6.60. The third kappa shape index (κ3) is 4.85. The monoisotopic (exact) mass is 554 g/mol. The molecule has 2 amide bonds. The van der Waals surface area contributed by atoms with E-state index in [2.05, 4.69) is 10.3 Å². The number of aryl methyl sites for hydroxylation is 1. The second kappa shape index (κ2) is 10.1. The van der Waals surface area contributed by atoms with Crippen molar-refractivity contribution in [2.24, 2.45) is 11.7 Å². The fraction of sp³-hybridized carbons (Fsp3) is 0.312. The van der Waals surface area contributed by atoms with E-state index in [1.54, 1.807) is 38.4 Å². The predicted molar refractivity (Wildman–Crippen MR) is 153 cm³/mol. The molecule has 0 radical (unpaired) electrons. The van der Waals surface area contributed by atoms with Crippen molar-refractivity contribution >= 4 is 22.7 Å². The molecule has 6 rings (SSSR count). The van der Waals surface area contributed by atoms with Crippen LogP contribution in [0.5, 0.6) is 11.5 Å². The van der Waals surface area contributed by atoms with Gasteiger partial charge in [-0.3, -0.25) is 14.6 Å². The normalized spacial score (nSPS) is 18.4. The highest BCUT2D eigenvalue weighted by molar-refractivity contribution is 6.00. The van der Waals surface area contributed by atoms with Crippen LogP contribution < -0.4 is 20.5 Å². The predicted octanol–water partition coefficient (Wildman–Crippen LogP) is 4.81. The molecule has 1 fully saturated rings. The van der Waals surface area contributed by atoms with Gasteiger partial charge < -0.3 is 20.5 Å². The number of hydrogen-bond acceptors (Lipinski definition) is 6. The lowest BCUT2D eigenvalue weighted by Gasteiger charge is -2.22. The molecule has 1 aliphatic carbocycles. The van der Waals surface area contributed by atoms with Crippen LogP contribution in [-0.4, -0.2) is 42.0 Å². The molecule has 0 unspecified atom stereocenters. The van der Waals surface area contributed by atoms with Gasteiger partial charge in [-0.15, -0.1) is 0 Å². The van der Waals surface area contributed by atoms with Crippen molar-refractivity contribution in [1.82, 2.24) is 15.3 Å². The summed E-state index contributed by atoms with van der Waals surface area (Å²) in [6.45, 7) is 4.15. The molecule has 2 aliphatic rings. The van der Waals surface area contributed by atoms with Gasteiger partial charge in [0.2, 0.25) is 5.91 Å². The molecule has 4 aromatic rings. The summed E-state index contributed by atoms with van der Waals surface area (Å²) in [6.07, 6.45) is 3.77. The Hall–Kier alpha value is -4.53. The molecule has 8 nitrogen and oxygen atoms in total. The minimum absolute atomic E-state index is 0.0972. The molecule has 41 heavy (non-hydrogen) atoms. The van der Waals surface area contributed by atoms with Crippen molar-refractivity contribution in [3.05, 3.63) is 82.9 Å². The number of rotatable bonds is 8. The zero-order chi connectivity index (χ0) is 28.9. The van der Waals surface area contributed by atoms with Gasteiger partial charge in [-0.25, -0.2) is 9.37 Å². The maximum Gasteiger partial charge on any atom is 0.251 e. The van der Waals surface area contributed by atoms with Gasteiger partial charge in [0.15, 0.2) is 0 Å². The number of fused-ring (bicyclic) bond motifs is 2. The fourth-order valence-electron chi connectivity index (χ4n) is 5.53. The van der Waals surface area contributed by atoms with Crippen LogP contribution in [0.4, 0.5) is 4.39 Å². The summed E-state index contributed by atoms with van der Waals surface area (Å²) in [5.74, 6) is 0.134. The lowest BCUT2D eigenvalue weighted by atomic mass is 9.82. The number of nitrogens with one attached hydrogen (secondary N) is 1. The summed E-state index contributed by atoms with van der Waals surface area (Å²) in [4.78, 5) is 35.4. The molecule has 9 heteroatoms. The Morgan fingerprint density at radius 3 is 2.63 bits per heavy atom. The SMILES string of the molecule is COc1cc(C(=O)NC[C@H](c2cc3c(c(-c4ccc(F)cc4)n2)OC[C@]3(C)C(N)=O)C2CC2)cc2cc(C)cnc12. The van der Waals surface area contributed by atoms with Gasteiger partial charge >= 0.3 is 0 Å². The van der Waals surface area contributed by atoms with E-state index in [1.807, 2.05) is 25.1 Å². The highest BCUT2D eigenvalue weighted by Gasteiger charge is 2.45. The lowest BCUT2D eigenvalue weighted by Crippen LogP contribution is -2.40. The van der Waals surface area contributed by atoms with E-state index in [0.717, 1.165) is 29.5 Å². The molecule has 0 bridgehead atoms. The molecule has 2 aromatic carbocycles. The lowest BCUT2D eigenvalue weighted by molar-refractivity contribution is -0.123. The summed E-state index contributed by atoms with van der Waals surface area (Å²) in [5, 5.41) is 3.92. The first-order chi connectivity index (χ1) is 19.7. The molecule has 0 spiro atoms. The summed E-state index contributed by atoms with van der Waals surface area (Å²) < 4.78 is 25.2. The van der Waals surface area contributed by atoms with Crippen LogP contribution in [-0.2, 0) is 10.2 Å². The van der Waals surface area contributed by atoms with E-state index >= 15 is 0 Å². The molecule has 1 aliphatic heterocycles. The first kappa shape index (κ1) is 26.7. The van der Waals surface area contributed by atoms with Crippen LogP contribution in [0.1, 0.15) is 52.9 Å². The molecule has 3 N–H and O–H groups in total. The first-order valence-electron chi connectivity index (χ1n) is 13.6. The number of nitrogens with two attached hydrogens (primary N) is 1. The van der Waals surface area contributed by atoms with Crippen molar-refractivity contribution in [2.75, 3.05) is 20.3 Å². The molecule has 210 valence electrons. The van der Waals surface area contributed by atoms with Crippen LogP contribution in [0.15, 0.2) is 54.7 Å². The second-order valence-corrected chi connectivity index (χ2v) is 11.2. The van der Waals surface area contributed by atoms with E-state index in [9.17, 15) is 14.0 Å². The number of aromatic nitrogens is 2. The molecule has 1 saturated carbocycles. The fourth-order valence-corrected chi connectivity index (χ4v) is 5.53.